The molecule has 0 amide bonds. The zero-order valence-electron chi connectivity index (χ0n) is 26.3. The van der Waals surface area contributed by atoms with E-state index in [9.17, 15) is 76.6 Å². The molecule has 0 aromatic carbocycles. The van der Waals surface area contributed by atoms with Crippen molar-refractivity contribution in [2.24, 2.45) is 0 Å². The molecule has 0 aliphatic carbocycles. The van der Waals surface area contributed by atoms with Crippen LogP contribution in [0.3, 0.4) is 0 Å². The maximum atomic E-state index is 10.8. The van der Waals surface area contributed by atoms with E-state index in [4.69, 9.17) is 37.9 Å². The number of aliphatic hydroxyl groups excluding tert-OH is 15. The summed E-state index contributed by atoms with van der Waals surface area (Å²) in [5.41, 5.74) is 0. The summed E-state index contributed by atoms with van der Waals surface area (Å²) in [4.78, 5) is 0. The molecule has 0 spiro atoms. The Morgan fingerprint density at radius 3 is 1.16 bits per heavy atom. The van der Waals surface area contributed by atoms with Crippen LogP contribution in [-0.2, 0) is 37.9 Å². The van der Waals surface area contributed by atoms with Gasteiger partial charge in [0.2, 0.25) is 0 Å². The van der Waals surface area contributed by atoms with Gasteiger partial charge in [0.1, 0.15) is 104 Å². The molecular formula is C27H48O23. The summed E-state index contributed by atoms with van der Waals surface area (Å²) in [6, 6.07) is 0. The van der Waals surface area contributed by atoms with E-state index in [1.165, 1.54) is 0 Å². The van der Waals surface area contributed by atoms with Gasteiger partial charge in [-0.05, 0) is 0 Å². The molecule has 4 rings (SSSR count). The van der Waals surface area contributed by atoms with Crippen molar-refractivity contribution >= 4 is 0 Å². The molecule has 21 atom stereocenters. The van der Waals surface area contributed by atoms with Crippen LogP contribution < -0.4 is 0 Å². The van der Waals surface area contributed by atoms with Crippen LogP contribution in [-0.4, -0.2) is 245 Å². The molecule has 0 aromatic rings. The van der Waals surface area contributed by atoms with Gasteiger partial charge in [0.15, 0.2) is 25.2 Å². The fourth-order valence-electron chi connectivity index (χ4n) is 5.89. The van der Waals surface area contributed by atoms with Crippen LogP contribution >= 0.6 is 0 Å². The number of hydrogen-bond donors (Lipinski definition) is 15. The van der Waals surface area contributed by atoms with Crippen molar-refractivity contribution in [2.45, 2.75) is 129 Å². The van der Waals surface area contributed by atoms with Crippen LogP contribution in [0.25, 0.3) is 0 Å². The molecule has 4 aliphatic heterocycles. The van der Waals surface area contributed by atoms with Crippen LogP contribution in [0.1, 0.15) is 0 Å². The first-order valence-corrected chi connectivity index (χ1v) is 15.8. The van der Waals surface area contributed by atoms with Crippen molar-refractivity contribution in [3.63, 3.8) is 0 Å². The van der Waals surface area contributed by atoms with Crippen LogP contribution in [0.5, 0.6) is 0 Å². The first-order valence-electron chi connectivity index (χ1n) is 15.8. The van der Waals surface area contributed by atoms with Crippen LogP contribution in [0.4, 0.5) is 0 Å². The van der Waals surface area contributed by atoms with Crippen molar-refractivity contribution < 1.29 is 114 Å². The predicted molar refractivity (Wildman–Crippen MR) is 151 cm³/mol. The Balaban J connectivity index is 1.34. The van der Waals surface area contributed by atoms with E-state index < -0.39 is 169 Å². The molecule has 23 nitrogen and oxygen atoms in total. The van der Waals surface area contributed by atoms with E-state index in [1.54, 1.807) is 0 Å². The largest absolute Gasteiger partial charge is 0.394 e. The third-order valence-corrected chi connectivity index (χ3v) is 8.90. The first-order chi connectivity index (χ1) is 23.7. The lowest BCUT2D eigenvalue weighted by Gasteiger charge is -2.46. The van der Waals surface area contributed by atoms with E-state index in [0.717, 1.165) is 0 Å². The number of hydrogen-bond acceptors (Lipinski definition) is 23. The Morgan fingerprint density at radius 1 is 0.400 bits per heavy atom. The standard InChI is InChI=1S/C27H48O23/c28-1-7(44-25-21(42)17(38)23(11(5-32)48-25)50-27-19(40)15(36)13(34)9(3-30)46-27)6-43-24-20(41)16(37)22(10(4-31)47-24)49-26-18(39)14(35)12(33)8(2-29)45-26/h7-42H,1-6H2/t7?,8-,9-,10-,11-,12+,13+,14+,15+,16-,17-,18-,19-,20-,21-,22-,23-,24-,25-,26+,27+/m1/s1. The minimum absolute atomic E-state index is 0.640. The van der Waals surface area contributed by atoms with E-state index >= 15 is 0 Å². The molecule has 0 saturated carbocycles. The average Bonchev–Trinajstić information content (AvgIpc) is 3.11. The lowest BCUT2D eigenvalue weighted by Crippen LogP contribution is -2.65. The molecule has 0 aromatic heterocycles. The van der Waals surface area contributed by atoms with Crippen molar-refractivity contribution in [1.82, 2.24) is 0 Å². The normalized spacial score (nSPS) is 49.5. The fraction of sp³-hybridized carbons (Fsp3) is 1.00. The topological polar surface area (TPSA) is 377 Å². The van der Waals surface area contributed by atoms with Gasteiger partial charge in [-0.3, -0.25) is 0 Å². The van der Waals surface area contributed by atoms with Gasteiger partial charge in [-0.1, -0.05) is 0 Å². The SMILES string of the molecule is OCC(CO[C@@H]1O[C@H](CO)[C@@H](O[C@@H]2O[C@H](CO)[C@H](O)[C@H](O)[C@H]2O)[C@H](O)[C@H]1O)O[C@@H]1O[C@H](CO)[C@@H](O[C@@H]2O[C@H](CO)[C@H](O)[C@H](O)[C@H]2O)[C@H](O)[C@H]1O. The zero-order chi connectivity index (χ0) is 37.0. The van der Waals surface area contributed by atoms with Crippen LogP contribution in [0.15, 0.2) is 0 Å². The average molecular weight is 741 g/mol. The molecule has 1 unspecified atom stereocenters. The lowest BCUT2D eigenvalue weighted by atomic mass is 9.97. The van der Waals surface area contributed by atoms with Gasteiger partial charge in [-0.25, -0.2) is 0 Å². The van der Waals surface area contributed by atoms with Crippen molar-refractivity contribution in [3.05, 3.63) is 0 Å². The van der Waals surface area contributed by atoms with Gasteiger partial charge in [-0.15, -0.1) is 0 Å². The van der Waals surface area contributed by atoms with Crippen molar-refractivity contribution in [1.29, 1.82) is 0 Å². The molecule has 0 radical (unpaired) electrons. The third kappa shape index (κ3) is 8.88. The highest BCUT2D eigenvalue weighted by molar-refractivity contribution is 4.96. The molecule has 15 N–H and O–H groups in total. The van der Waals surface area contributed by atoms with Gasteiger partial charge in [0, 0.05) is 0 Å². The van der Waals surface area contributed by atoms with Gasteiger partial charge < -0.3 is 114 Å². The number of rotatable bonds is 14. The second-order valence-electron chi connectivity index (χ2n) is 12.3. The highest BCUT2D eigenvalue weighted by Crippen LogP contribution is 2.32. The molecule has 23 heteroatoms. The highest BCUT2D eigenvalue weighted by Gasteiger charge is 2.53. The zero-order valence-corrected chi connectivity index (χ0v) is 26.3. The lowest BCUT2D eigenvalue weighted by molar-refractivity contribution is -0.370. The molecular weight excluding hydrogens is 692 g/mol. The Bertz CT molecular complexity index is 1010. The summed E-state index contributed by atoms with van der Waals surface area (Å²) in [5, 5.41) is 152. The summed E-state index contributed by atoms with van der Waals surface area (Å²) < 4.78 is 43.4. The fourth-order valence-corrected chi connectivity index (χ4v) is 5.89. The monoisotopic (exact) mass is 740 g/mol. The first kappa shape index (κ1) is 41.8. The van der Waals surface area contributed by atoms with Gasteiger partial charge in [0.05, 0.1) is 39.6 Å². The molecule has 4 aliphatic rings. The van der Waals surface area contributed by atoms with E-state index in [0.29, 0.717) is 0 Å². The quantitative estimate of drug-likeness (QED) is 0.0786. The van der Waals surface area contributed by atoms with Crippen molar-refractivity contribution in [2.75, 3.05) is 39.6 Å². The maximum absolute atomic E-state index is 10.8. The predicted octanol–water partition coefficient (Wildman–Crippen LogP) is -10.4. The summed E-state index contributed by atoms with van der Waals surface area (Å²) in [6.45, 7) is -4.72. The highest BCUT2D eigenvalue weighted by atomic mass is 16.8. The Kier molecular flexibility index (Phi) is 15.4. The maximum Gasteiger partial charge on any atom is 0.187 e. The molecule has 4 fully saturated rings. The molecule has 4 saturated heterocycles. The summed E-state index contributed by atoms with van der Waals surface area (Å²) >= 11 is 0. The second-order valence-corrected chi connectivity index (χ2v) is 12.3. The van der Waals surface area contributed by atoms with Crippen molar-refractivity contribution in [3.8, 4) is 0 Å². The molecule has 4 heterocycles. The van der Waals surface area contributed by atoms with E-state index in [1.807, 2.05) is 0 Å². The molecule has 294 valence electrons. The van der Waals surface area contributed by atoms with Gasteiger partial charge >= 0.3 is 0 Å². The van der Waals surface area contributed by atoms with E-state index in [2.05, 4.69) is 0 Å². The minimum Gasteiger partial charge on any atom is -0.394 e. The van der Waals surface area contributed by atoms with Crippen LogP contribution in [0.2, 0.25) is 0 Å². The third-order valence-electron chi connectivity index (χ3n) is 8.90. The second kappa shape index (κ2) is 18.4. The summed E-state index contributed by atoms with van der Waals surface area (Å²) in [6.07, 6.45) is -35.7. The van der Waals surface area contributed by atoms with E-state index in [-0.39, 0.29) is 0 Å². The minimum atomic E-state index is -1.95. The smallest absolute Gasteiger partial charge is 0.187 e. The van der Waals surface area contributed by atoms with Crippen LogP contribution in [0, 0.1) is 0 Å². The Morgan fingerprint density at radius 2 is 0.760 bits per heavy atom. The van der Waals surface area contributed by atoms with Gasteiger partial charge in [0.25, 0.3) is 0 Å². The summed E-state index contributed by atoms with van der Waals surface area (Å²) in [5.74, 6) is 0. The Hall–Kier alpha value is -0.920. The molecule has 50 heavy (non-hydrogen) atoms. The van der Waals surface area contributed by atoms with Gasteiger partial charge in [-0.2, -0.15) is 0 Å². The molecule has 0 bridgehead atoms. The Labute approximate surface area is 283 Å². The number of aliphatic hydroxyl groups is 15. The number of ether oxygens (including phenoxy) is 8. The summed E-state index contributed by atoms with van der Waals surface area (Å²) in [7, 11) is 0.